The smallest absolute Gasteiger partial charge is 0.247 e. The molecule has 1 aliphatic heterocycles. The van der Waals surface area contributed by atoms with Crippen LogP contribution in [0.15, 0.2) is 23.1 Å². The minimum atomic E-state index is -3.62. The van der Waals surface area contributed by atoms with Crippen molar-refractivity contribution in [1.29, 1.82) is 0 Å². The molecule has 2 atom stereocenters. The van der Waals surface area contributed by atoms with Crippen LogP contribution in [0.5, 0.6) is 11.5 Å². The van der Waals surface area contributed by atoms with Gasteiger partial charge in [0, 0.05) is 31.2 Å². The molecular weight excluding hydrogens is 304 g/mol. The van der Waals surface area contributed by atoms with E-state index in [0.717, 1.165) is 0 Å². The average Bonchev–Trinajstić information content (AvgIpc) is 2.51. The first-order valence-corrected chi connectivity index (χ1v) is 8.69. The topological polar surface area (TPSA) is 59.1 Å². The van der Waals surface area contributed by atoms with Crippen LogP contribution in [0.3, 0.4) is 0 Å². The van der Waals surface area contributed by atoms with E-state index in [1.807, 2.05) is 20.9 Å². The summed E-state index contributed by atoms with van der Waals surface area (Å²) in [6, 6.07) is 5.15. The summed E-state index contributed by atoms with van der Waals surface area (Å²) < 4.78 is 37.9. The first kappa shape index (κ1) is 17.1. The monoisotopic (exact) mass is 328 g/mol. The van der Waals surface area contributed by atoms with Gasteiger partial charge in [-0.15, -0.1) is 0 Å². The van der Waals surface area contributed by atoms with Crippen molar-refractivity contribution < 1.29 is 17.9 Å². The summed E-state index contributed by atoms with van der Waals surface area (Å²) in [5.74, 6) is 0.828. The Morgan fingerprint density at radius 2 is 1.68 bits per heavy atom. The predicted octanol–water partition coefficient (Wildman–Crippen LogP) is 1.42. The van der Waals surface area contributed by atoms with E-state index in [9.17, 15) is 8.42 Å². The molecule has 2 rings (SSSR count). The molecule has 124 valence electrons. The van der Waals surface area contributed by atoms with Crippen LogP contribution < -0.4 is 9.47 Å². The van der Waals surface area contributed by atoms with Crippen molar-refractivity contribution in [2.24, 2.45) is 0 Å². The number of likely N-dealkylation sites (N-methyl/N-ethyl adjacent to an activating group) is 1. The molecule has 7 heteroatoms. The number of methoxy groups -OCH3 is 2. The Bertz CT molecular complexity index is 620. The molecule has 1 aromatic carbocycles. The predicted molar refractivity (Wildman–Crippen MR) is 85.0 cm³/mol. The number of hydrogen-bond acceptors (Lipinski definition) is 5. The van der Waals surface area contributed by atoms with Gasteiger partial charge in [-0.2, -0.15) is 4.31 Å². The maximum Gasteiger partial charge on any atom is 0.247 e. The van der Waals surface area contributed by atoms with Crippen LogP contribution in [0.1, 0.15) is 13.8 Å². The van der Waals surface area contributed by atoms with E-state index in [0.29, 0.717) is 24.6 Å². The van der Waals surface area contributed by atoms with Gasteiger partial charge >= 0.3 is 0 Å². The molecule has 6 nitrogen and oxygen atoms in total. The number of nitrogens with zero attached hydrogens (tertiary/aromatic N) is 2. The number of rotatable bonds is 4. The molecule has 0 bridgehead atoms. The molecule has 0 radical (unpaired) electrons. The maximum absolute atomic E-state index is 13.0. The van der Waals surface area contributed by atoms with Gasteiger partial charge in [-0.25, -0.2) is 8.42 Å². The molecular formula is C15H24N2O4S. The molecule has 2 unspecified atom stereocenters. The second-order valence-electron chi connectivity index (χ2n) is 5.70. The summed E-state index contributed by atoms with van der Waals surface area (Å²) in [5, 5.41) is 0. The standard InChI is InChI=1S/C15H24N2O4S/c1-11-9-17(10-12(2)16(11)3)22(18,19)15-8-13(20-4)6-7-14(15)21-5/h6-8,11-12H,9-10H2,1-5H3. The normalized spacial score (nSPS) is 24.2. The van der Waals surface area contributed by atoms with Crippen molar-refractivity contribution >= 4 is 10.0 Å². The van der Waals surface area contributed by atoms with Gasteiger partial charge in [0.05, 0.1) is 14.2 Å². The third kappa shape index (κ3) is 3.06. The second-order valence-corrected chi connectivity index (χ2v) is 7.61. The molecule has 1 heterocycles. The maximum atomic E-state index is 13.0. The van der Waals surface area contributed by atoms with Crippen LogP contribution in [-0.4, -0.2) is 64.1 Å². The highest BCUT2D eigenvalue weighted by molar-refractivity contribution is 7.89. The van der Waals surface area contributed by atoms with Crippen molar-refractivity contribution in [1.82, 2.24) is 9.21 Å². The van der Waals surface area contributed by atoms with E-state index in [1.165, 1.54) is 24.6 Å². The molecule has 1 aromatic rings. The zero-order valence-electron chi connectivity index (χ0n) is 13.7. The van der Waals surface area contributed by atoms with Crippen molar-refractivity contribution in [3.63, 3.8) is 0 Å². The fourth-order valence-corrected chi connectivity index (χ4v) is 4.45. The van der Waals surface area contributed by atoms with Crippen molar-refractivity contribution in [2.75, 3.05) is 34.4 Å². The Labute approximate surface area is 132 Å². The number of benzene rings is 1. The first-order chi connectivity index (χ1) is 10.3. The lowest BCUT2D eigenvalue weighted by molar-refractivity contribution is 0.105. The van der Waals surface area contributed by atoms with Crippen molar-refractivity contribution in [3.05, 3.63) is 18.2 Å². The Hall–Kier alpha value is -1.31. The van der Waals surface area contributed by atoms with Crippen LogP contribution in [0.25, 0.3) is 0 Å². The van der Waals surface area contributed by atoms with Crippen molar-refractivity contribution in [3.8, 4) is 11.5 Å². The fourth-order valence-electron chi connectivity index (χ4n) is 2.68. The largest absolute Gasteiger partial charge is 0.497 e. The van der Waals surface area contributed by atoms with Crippen LogP contribution >= 0.6 is 0 Å². The zero-order chi connectivity index (χ0) is 16.5. The summed E-state index contributed by atoms with van der Waals surface area (Å²) in [5.41, 5.74) is 0. The molecule has 0 saturated carbocycles. The Kier molecular flexibility index (Phi) is 4.99. The van der Waals surface area contributed by atoms with Crippen LogP contribution in [0, 0.1) is 0 Å². The van der Waals surface area contributed by atoms with Gasteiger partial charge < -0.3 is 9.47 Å². The van der Waals surface area contributed by atoms with Crippen LogP contribution in [-0.2, 0) is 10.0 Å². The van der Waals surface area contributed by atoms with Gasteiger partial charge in [-0.05, 0) is 33.0 Å². The number of piperazine rings is 1. The van der Waals surface area contributed by atoms with E-state index < -0.39 is 10.0 Å². The molecule has 1 fully saturated rings. The van der Waals surface area contributed by atoms with E-state index >= 15 is 0 Å². The van der Waals surface area contributed by atoms with Gasteiger partial charge in [0.25, 0.3) is 0 Å². The van der Waals surface area contributed by atoms with E-state index in [-0.39, 0.29) is 17.0 Å². The molecule has 0 spiro atoms. The lowest BCUT2D eigenvalue weighted by Gasteiger charge is -2.41. The second kappa shape index (κ2) is 6.44. The molecule has 0 aromatic heterocycles. The van der Waals surface area contributed by atoms with E-state index in [1.54, 1.807) is 12.1 Å². The SMILES string of the molecule is COc1ccc(OC)c(S(=O)(=O)N2CC(C)N(C)C(C)C2)c1. The first-order valence-electron chi connectivity index (χ1n) is 7.25. The molecule has 0 amide bonds. The van der Waals surface area contributed by atoms with E-state index in [4.69, 9.17) is 9.47 Å². The zero-order valence-corrected chi connectivity index (χ0v) is 14.6. The molecule has 22 heavy (non-hydrogen) atoms. The van der Waals surface area contributed by atoms with Gasteiger partial charge in [0.2, 0.25) is 10.0 Å². The third-order valence-electron chi connectivity index (χ3n) is 4.31. The summed E-state index contributed by atoms with van der Waals surface area (Å²) in [6.07, 6.45) is 0. The fraction of sp³-hybridized carbons (Fsp3) is 0.600. The van der Waals surface area contributed by atoms with Crippen molar-refractivity contribution in [2.45, 2.75) is 30.8 Å². The van der Waals surface area contributed by atoms with E-state index in [2.05, 4.69) is 4.90 Å². The number of ether oxygens (including phenoxy) is 2. The van der Waals surface area contributed by atoms with Crippen LogP contribution in [0.4, 0.5) is 0 Å². The van der Waals surface area contributed by atoms with Gasteiger partial charge in [0.1, 0.15) is 16.4 Å². The number of hydrogen-bond donors (Lipinski definition) is 0. The van der Waals surface area contributed by atoms with Gasteiger partial charge in [-0.3, -0.25) is 4.90 Å². The molecule has 1 aliphatic rings. The highest BCUT2D eigenvalue weighted by Gasteiger charge is 2.36. The minimum absolute atomic E-state index is 0.151. The summed E-state index contributed by atoms with van der Waals surface area (Å²) in [4.78, 5) is 2.34. The summed E-state index contributed by atoms with van der Waals surface area (Å²) >= 11 is 0. The highest BCUT2D eigenvalue weighted by Crippen LogP contribution is 2.32. The summed E-state index contributed by atoms with van der Waals surface area (Å²) in [7, 11) is 1.37. The summed E-state index contributed by atoms with van der Waals surface area (Å²) in [6.45, 7) is 4.98. The highest BCUT2D eigenvalue weighted by atomic mass is 32.2. The Morgan fingerprint density at radius 3 is 2.18 bits per heavy atom. The Morgan fingerprint density at radius 1 is 1.09 bits per heavy atom. The van der Waals surface area contributed by atoms with Crippen LogP contribution in [0.2, 0.25) is 0 Å². The molecule has 1 saturated heterocycles. The lowest BCUT2D eigenvalue weighted by Crippen LogP contribution is -2.56. The lowest BCUT2D eigenvalue weighted by atomic mass is 10.1. The minimum Gasteiger partial charge on any atom is -0.497 e. The average molecular weight is 328 g/mol. The molecule has 0 N–H and O–H groups in total. The number of sulfonamides is 1. The molecule has 0 aliphatic carbocycles. The van der Waals surface area contributed by atoms with Gasteiger partial charge in [0.15, 0.2) is 0 Å². The quantitative estimate of drug-likeness (QED) is 0.836. The Balaban J connectivity index is 2.42. The van der Waals surface area contributed by atoms with Gasteiger partial charge in [-0.1, -0.05) is 0 Å². The third-order valence-corrected chi connectivity index (χ3v) is 6.17.